The van der Waals surface area contributed by atoms with Gasteiger partial charge in [0.25, 0.3) is 0 Å². The van der Waals surface area contributed by atoms with E-state index in [2.05, 4.69) is 18.9 Å². The number of carbonyl (C=O) groups is 1. The quantitative estimate of drug-likeness (QED) is 0.561. The highest BCUT2D eigenvalue weighted by molar-refractivity contribution is 5.77. The van der Waals surface area contributed by atoms with Crippen LogP contribution in [0.3, 0.4) is 0 Å². The normalized spacial score (nSPS) is 11.3. The van der Waals surface area contributed by atoms with E-state index in [-0.39, 0.29) is 11.8 Å². The number of carbonyl (C=O) groups excluding carboxylic acids is 1. The molecule has 4 nitrogen and oxygen atoms in total. The number of rotatable bonds is 10. The summed E-state index contributed by atoms with van der Waals surface area (Å²) in [6.45, 7) is 10.5. The Morgan fingerprint density at radius 2 is 1.67 bits per heavy atom. The van der Waals surface area contributed by atoms with Crippen LogP contribution in [0.4, 0.5) is 0 Å². The fourth-order valence-corrected chi connectivity index (χ4v) is 1.65. The van der Waals surface area contributed by atoms with Crippen LogP contribution in [-0.2, 0) is 9.53 Å². The summed E-state index contributed by atoms with van der Waals surface area (Å²) in [6.07, 6.45) is 1.99. The molecule has 0 atom stereocenters. The van der Waals surface area contributed by atoms with Crippen LogP contribution in [0.25, 0.3) is 0 Å². The van der Waals surface area contributed by atoms with Crippen molar-refractivity contribution in [1.82, 2.24) is 9.80 Å². The molecule has 0 unspecified atom stereocenters. The summed E-state index contributed by atoms with van der Waals surface area (Å²) in [6, 6.07) is 0. The third-order valence-corrected chi connectivity index (χ3v) is 3.02. The monoisotopic (exact) mass is 258 g/mol. The molecule has 0 heterocycles. The van der Waals surface area contributed by atoms with Gasteiger partial charge in [0.05, 0.1) is 0 Å². The van der Waals surface area contributed by atoms with Gasteiger partial charge in [-0.2, -0.15) is 0 Å². The number of hydrogen-bond acceptors (Lipinski definition) is 3. The summed E-state index contributed by atoms with van der Waals surface area (Å²) in [5.74, 6) is 0.292. The minimum Gasteiger partial charge on any atom is -0.381 e. The summed E-state index contributed by atoms with van der Waals surface area (Å²) in [5, 5.41) is 0. The molecule has 0 fully saturated rings. The van der Waals surface area contributed by atoms with E-state index in [1.807, 2.05) is 20.9 Å². The van der Waals surface area contributed by atoms with Crippen LogP contribution in [0, 0.1) is 5.92 Å². The molecule has 0 N–H and O–H groups in total. The van der Waals surface area contributed by atoms with E-state index >= 15 is 0 Å². The van der Waals surface area contributed by atoms with Gasteiger partial charge in [-0.05, 0) is 26.4 Å². The van der Waals surface area contributed by atoms with Gasteiger partial charge in [0.1, 0.15) is 0 Å². The topological polar surface area (TPSA) is 32.8 Å². The summed E-state index contributed by atoms with van der Waals surface area (Å²) in [4.78, 5) is 15.7. The molecule has 1 amide bonds. The first kappa shape index (κ1) is 17.4. The molecule has 0 radical (unpaired) electrons. The number of nitrogens with zero attached hydrogens (tertiary/aromatic N) is 2. The lowest BCUT2D eigenvalue weighted by Crippen LogP contribution is -2.31. The van der Waals surface area contributed by atoms with Gasteiger partial charge in [-0.3, -0.25) is 4.79 Å². The minimum absolute atomic E-state index is 0.0838. The highest BCUT2D eigenvalue weighted by Crippen LogP contribution is 2.00. The van der Waals surface area contributed by atoms with Gasteiger partial charge in [-0.1, -0.05) is 20.8 Å². The van der Waals surface area contributed by atoms with Crippen molar-refractivity contribution in [2.45, 2.75) is 33.6 Å². The number of hydrogen-bond donors (Lipinski definition) is 0. The van der Waals surface area contributed by atoms with Crippen molar-refractivity contribution in [2.75, 3.05) is 46.9 Å². The average Bonchev–Trinajstić information content (AvgIpc) is 2.35. The molecule has 4 heteroatoms. The standard InChI is InChI=1S/C14H30N2O2/c1-6-15(4)9-7-11-18-12-8-10-16(5)14(17)13(2)3/h13H,6-12H2,1-5H3. The van der Waals surface area contributed by atoms with Crippen LogP contribution in [0.5, 0.6) is 0 Å². The molecule has 0 rings (SSSR count). The Morgan fingerprint density at radius 1 is 1.11 bits per heavy atom. The number of amides is 1. The Morgan fingerprint density at radius 3 is 2.17 bits per heavy atom. The summed E-state index contributed by atoms with van der Waals surface area (Å²) in [7, 11) is 3.98. The smallest absolute Gasteiger partial charge is 0.224 e. The second kappa shape index (κ2) is 10.3. The third-order valence-electron chi connectivity index (χ3n) is 3.02. The number of ether oxygens (including phenoxy) is 1. The third kappa shape index (κ3) is 8.48. The molecule has 0 aromatic heterocycles. The van der Waals surface area contributed by atoms with Crippen LogP contribution in [-0.4, -0.2) is 62.7 Å². The maximum atomic E-state index is 11.6. The molecule has 0 aliphatic heterocycles. The van der Waals surface area contributed by atoms with Crippen LogP contribution in [0.15, 0.2) is 0 Å². The Hall–Kier alpha value is -0.610. The van der Waals surface area contributed by atoms with Crippen molar-refractivity contribution in [3.8, 4) is 0 Å². The second-order valence-corrected chi connectivity index (χ2v) is 5.13. The predicted molar refractivity (Wildman–Crippen MR) is 75.7 cm³/mol. The highest BCUT2D eigenvalue weighted by atomic mass is 16.5. The van der Waals surface area contributed by atoms with Crippen molar-refractivity contribution in [1.29, 1.82) is 0 Å². The molecule has 108 valence electrons. The zero-order chi connectivity index (χ0) is 14.0. The second-order valence-electron chi connectivity index (χ2n) is 5.13. The van der Waals surface area contributed by atoms with Crippen LogP contribution >= 0.6 is 0 Å². The van der Waals surface area contributed by atoms with E-state index in [0.29, 0.717) is 0 Å². The van der Waals surface area contributed by atoms with E-state index in [4.69, 9.17) is 4.74 Å². The van der Waals surface area contributed by atoms with Gasteiger partial charge in [-0.15, -0.1) is 0 Å². The lowest BCUT2D eigenvalue weighted by Gasteiger charge is -2.19. The zero-order valence-electron chi connectivity index (χ0n) is 12.7. The first-order chi connectivity index (χ1) is 8.49. The largest absolute Gasteiger partial charge is 0.381 e. The Balaban J connectivity index is 3.38. The maximum Gasteiger partial charge on any atom is 0.224 e. The predicted octanol–water partition coefficient (Wildman–Crippen LogP) is 1.85. The van der Waals surface area contributed by atoms with Crippen molar-refractivity contribution < 1.29 is 9.53 Å². The minimum atomic E-state index is 0.0838. The molecular weight excluding hydrogens is 228 g/mol. The first-order valence-electron chi connectivity index (χ1n) is 7.00. The molecule has 0 saturated heterocycles. The highest BCUT2D eigenvalue weighted by Gasteiger charge is 2.11. The molecule has 0 aromatic carbocycles. The molecular formula is C14H30N2O2. The lowest BCUT2D eigenvalue weighted by molar-refractivity contribution is -0.133. The zero-order valence-corrected chi connectivity index (χ0v) is 12.7. The fourth-order valence-electron chi connectivity index (χ4n) is 1.65. The van der Waals surface area contributed by atoms with Crippen LogP contribution in [0.2, 0.25) is 0 Å². The van der Waals surface area contributed by atoms with Gasteiger partial charge in [0, 0.05) is 39.3 Å². The summed E-state index contributed by atoms with van der Waals surface area (Å²) >= 11 is 0. The van der Waals surface area contributed by atoms with Crippen molar-refractivity contribution in [3.05, 3.63) is 0 Å². The van der Waals surface area contributed by atoms with E-state index in [1.165, 1.54) is 0 Å². The Kier molecular flexibility index (Phi) is 9.98. The van der Waals surface area contributed by atoms with Crippen LogP contribution in [0.1, 0.15) is 33.6 Å². The molecule has 0 aromatic rings. The average molecular weight is 258 g/mol. The van der Waals surface area contributed by atoms with E-state index in [1.54, 1.807) is 4.90 Å². The fraction of sp³-hybridized carbons (Fsp3) is 0.929. The molecule has 0 aliphatic rings. The van der Waals surface area contributed by atoms with Crippen LogP contribution < -0.4 is 0 Å². The molecule has 0 aliphatic carbocycles. The van der Waals surface area contributed by atoms with Gasteiger partial charge in [0.15, 0.2) is 0 Å². The van der Waals surface area contributed by atoms with Gasteiger partial charge >= 0.3 is 0 Å². The maximum absolute atomic E-state index is 11.6. The Labute approximate surface area is 112 Å². The Bertz CT molecular complexity index is 220. The van der Waals surface area contributed by atoms with Crippen molar-refractivity contribution >= 4 is 5.91 Å². The SMILES string of the molecule is CCN(C)CCCOCCCN(C)C(=O)C(C)C. The van der Waals surface area contributed by atoms with Gasteiger partial charge in [-0.25, -0.2) is 0 Å². The van der Waals surface area contributed by atoms with E-state index in [9.17, 15) is 4.79 Å². The van der Waals surface area contributed by atoms with Gasteiger partial charge in [0.2, 0.25) is 5.91 Å². The summed E-state index contributed by atoms with van der Waals surface area (Å²) < 4.78 is 5.55. The summed E-state index contributed by atoms with van der Waals surface area (Å²) in [5.41, 5.74) is 0. The molecule has 0 spiro atoms. The molecule has 0 bridgehead atoms. The van der Waals surface area contributed by atoms with E-state index in [0.717, 1.165) is 45.7 Å². The lowest BCUT2D eigenvalue weighted by atomic mass is 10.2. The van der Waals surface area contributed by atoms with Gasteiger partial charge < -0.3 is 14.5 Å². The van der Waals surface area contributed by atoms with E-state index < -0.39 is 0 Å². The molecule has 0 saturated carbocycles. The first-order valence-corrected chi connectivity index (χ1v) is 7.00. The van der Waals surface area contributed by atoms with Crippen molar-refractivity contribution in [3.63, 3.8) is 0 Å². The van der Waals surface area contributed by atoms with Crippen molar-refractivity contribution in [2.24, 2.45) is 5.92 Å². The molecule has 18 heavy (non-hydrogen) atoms.